The summed E-state index contributed by atoms with van der Waals surface area (Å²) in [5, 5.41) is 20.1. The van der Waals surface area contributed by atoms with Crippen molar-refractivity contribution in [2.75, 3.05) is 13.7 Å². The van der Waals surface area contributed by atoms with Gasteiger partial charge in [0.05, 0.1) is 13.5 Å². The van der Waals surface area contributed by atoms with Crippen molar-refractivity contribution < 1.29 is 24.5 Å². The second-order valence-corrected chi connectivity index (χ2v) is 4.46. The Morgan fingerprint density at radius 1 is 1.40 bits per heavy atom. The number of aliphatic hydroxyl groups excluding tert-OH is 1. The summed E-state index contributed by atoms with van der Waals surface area (Å²) in [4.78, 5) is 22.8. The van der Waals surface area contributed by atoms with E-state index < -0.39 is 17.9 Å². The van der Waals surface area contributed by atoms with Gasteiger partial charge in [-0.25, -0.2) is 4.79 Å². The Bertz CT molecular complexity index is 486. The Hall–Kier alpha value is -2.08. The average molecular weight is 281 g/mol. The van der Waals surface area contributed by atoms with Crippen molar-refractivity contribution in [3.8, 4) is 5.75 Å². The third-order valence-corrected chi connectivity index (χ3v) is 2.84. The van der Waals surface area contributed by atoms with Gasteiger partial charge in [-0.1, -0.05) is 17.7 Å². The van der Waals surface area contributed by atoms with Crippen LogP contribution in [0.25, 0.3) is 0 Å². The minimum atomic E-state index is -1.16. The first-order valence-electron chi connectivity index (χ1n) is 6.24. The average Bonchev–Trinajstić information content (AvgIpc) is 2.38. The highest BCUT2D eigenvalue weighted by atomic mass is 16.5. The summed E-state index contributed by atoms with van der Waals surface area (Å²) in [5.74, 6) is -1.00. The number of ether oxygens (including phenoxy) is 1. The monoisotopic (exact) mass is 281 g/mol. The van der Waals surface area contributed by atoms with Gasteiger partial charge < -0.3 is 20.3 Å². The molecule has 0 aliphatic rings. The molecule has 0 spiro atoms. The Morgan fingerprint density at radius 2 is 2.10 bits per heavy atom. The fourth-order valence-electron chi connectivity index (χ4n) is 1.85. The van der Waals surface area contributed by atoms with E-state index in [9.17, 15) is 9.59 Å². The predicted molar refractivity (Wildman–Crippen MR) is 72.7 cm³/mol. The highest BCUT2D eigenvalue weighted by Crippen LogP contribution is 2.20. The zero-order valence-electron chi connectivity index (χ0n) is 11.5. The molecule has 0 saturated heterocycles. The molecule has 3 N–H and O–H groups in total. The molecule has 6 nitrogen and oxygen atoms in total. The summed E-state index contributed by atoms with van der Waals surface area (Å²) >= 11 is 0. The molecule has 0 aliphatic carbocycles. The van der Waals surface area contributed by atoms with Crippen molar-refractivity contribution in [2.45, 2.75) is 25.8 Å². The highest BCUT2D eigenvalue weighted by Gasteiger charge is 2.20. The maximum atomic E-state index is 11.9. The molecule has 0 aromatic heterocycles. The first kappa shape index (κ1) is 16.0. The summed E-state index contributed by atoms with van der Waals surface area (Å²) in [5.41, 5.74) is 1.68. The number of nitrogens with one attached hydrogen (secondary N) is 1. The molecule has 0 fully saturated rings. The van der Waals surface area contributed by atoms with E-state index in [0.29, 0.717) is 11.3 Å². The second kappa shape index (κ2) is 7.49. The highest BCUT2D eigenvalue weighted by molar-refractivity contribution is 5.85. The lowest BCUT2D eigenvalue weighted by molar-refractivity contribution is -0.142. The number of carbonyl (C=O) groups excluding carboxylic acids is 1. The van der Waals surface area contributed by atoms with E-state index in [1.165, 1.54) is 7.11 Å². The van der Waals surface area contributed by atoms with Crippen LogP contribution in [-0.2, 0) is 16.0 Å². The van der Waals surface area contributed by atoms with Gasteiger partial charge >= 0.3 is 5.97 Å². The Labute approximate surface area is 117 Å². The molecule has 1 rings (SSSR count). The van der Waals surface area contributed by atoms with Gasteiger partial charge in [-0.05, 0) is 13.0 Å². The fourth-order valence-corrected chi connectivity index (χ4v) is 1.85. The first-order valence-corrected chi connectivity index (χ1v) is 6.24. The Kier molecular flexibility index (Phi) is 5.99. The van der Waals surface area contributed by atoms with Gasteiger partial charge in [0.2, 0.25) is 5.91 Å². The van der Waals surface area contributed by atoms with Gasteiger partial charge in [0.25, 0.3) is 0 Å². The molecule has 1 aromatic rings. The fraction of sp³-hybridized carbons (Fsp3) is 0.429. The van der Waals surface area contributed by atoms with Crippen LogP contribution in [0.2, 0.25) is 0 Å². The lowest BCUT2D eigenvalue weighted by Crippen LogP contribution is -2.42. The van der Waals surface area contributed by atoms with Crippen molar-refractivity contribution in [1.29, 1.82) is 0 Å². The third-order valence-electron chi connectivity index (χ3n) is 2.84. The molecular weight excluding hydrogens is 262 g/mol. The molecule has 0 aliphatic heterocycles. The Balaban J connectivity index is 2.75. The lowest BCUT2D eigenvalue weighted by atomic mass is 10.1. The number of aliphatic carboxylic acids is 1. The molecule has 1 amide bonds. The predicted octanol–water partition coefficient (Wildman–Crippen LogP) is 0.498. The molecule has 0 radical (unpaired) electrons. The zero-order chi connectivity index (χ0) is 15.1. The number of methoxy groups -OCH3 is 1. The normalized spacial score (nSPS) is 11.8. The third kappa shape index (κ3) is 4.55. The molecule has 0 saturated carbocycles. The molecule has 110 valence electrons. The van der Waals surface area contributed by atoms with Crippen molar-refractivity contribution >= 4 is 11.9 Å². The van der Waals surface area contributed by atoms with E-state index in [0.717, 1.165) is 5.56 Å². The maximum Gasteiger partial charge on any atom is 0.326 e. The van der Waals surface area contributed by atoms with Crippen LogP contribution in [0.5, 0.6) is 5.75 Å². The number of benzene rings is 1. The van der Waals surface area contributed by atoms with Crippen LogP contribution in [0.15, 0.2) is 18.2 Å². The van der Waals surface area contributed by atoms with Crippen LogP contribution < -0.4 is 10.1 Å². The SMILES string of the molecule is COc1ccc(C)cc1CC(=O)N[C@H](CCO)C(=O)O. The first-order chi connectivity index (χ1) is 9.47. The zero-order valence-corrected chi connectivity index (χ0v) is 11.5. The number of carboxylic acid groups (broad SMARTS) is 1. The van der Waals surface area contributed by atoms with E-state index >= 15 is 0 Å². The van der Waals surface area contributed by atoms with Crippen LogP contribution >= 0.6 is 0 Å². The quantitative estimate of drug-likeness (QED) is 0.676. The number of hydrogen-bond donors (Lipinski definition) is 3. The largest absolute Gasteiger partial charge is 0.496 e. The van der Waals surface area contributed by atoms with Crippen LogP contribution in [-0.4, -0.2) is 41.8 Å². The molecule has 1 aromatic carbocycles. The van der Waals surface area contributed by atoms with Crippen molar-refractivity contribution in [3.05, 3.63) is 29.3 Å². The molecule has 0 unspecified atom stereocenters. The molecular formula is C14H19NO5. The second-order valence-electron chi connectivity index (χ2n) is 4.46. The molecule has 6 heteroatoms. The molecule has 0 heterocycles. The number of amides is 1. The molecule has 20 heavy (non-hydrogen) atoms. The van der Waals surface area contributed by atoms with E-state index in [1.54, 1.807) is 6.07 Å². The molecule has 0 bridgehead atoms. The summed E-state index contributed by atoms with van der Waals surface area (Å²) in [6, 6.07) is 4.37. The van der Waals surface area contributed by atoms with Crippen LogP contribution in [0.3, 0.4) is 0 Å². The maximum absolute atomic E-state index is 11.9. The van der Waals surface area contributed by atoms with Gasteiger partial charge in [-0.2, -0.15) is 0 Å². The number of carboxylic acids is 1. The number of carbonyl (C=O) groups is 2. The number of hydrogen-bond acceptors (Lipinski definition) is 4. The number of aryl methyl sites for hydroxylation is 1. The minimum Gasteiger partial charge on any atom is -0.496 e. The topological polar surface area (TPSA) is 95.9 Å². The van der Waals surface area contributed by atoms with Crippen molar-refractivity contribution in [3.63, 3.8) is 0 Å². The van der Waals surface area contributed by atoms with Crippen LogP contribution in [0, 0.1) is 6.92 Å². The Morgan fingerprint density at radius 3 is 2.65 bits per heavy atom. The minimum absolute atomic E-state index is 0.0218. The van der Waals surface area contributed by atoms with Gasteiger partial charge in [0, 0.05) is 18.6 Å². The van der Waals surface area contributed by atoms with Gasteiger partial charge in [-0.15, -0.1) is 0 Å². The van der Waals surface area contributed by atoms with E-state index in [1.807, 2.05) is 19.1 Å². The number of aliphatic hydroxyl groups is 1. The van der Waals surface area contributed by atoms with Crippen molar-refractivity contribution in [2.24, 2.45) is 0 Å². The smallest absolute Gasteiger partial charge is 0.326 e. The standard InChI is InChI=1S/C14H19NO5/c1-9-3-4-12(20-2)10(7-9)8-13(17)15-11(5-6-16)14(18)19/h3-4,7,11,16H,5-6,8H2,1-2H3,(H,15,17)(H,18,19)/t11-/m1/s1. The summed E-state index contributed by atoms with van der Waals surface area (Å²) in [7, 11) is 1.51. The van der Waals surface area contributed by atoms with E-state index in [-0.39, 0.29) is 19.4 Å². The summed E-state index contributed by atoms with van der Waals surface area (Å²) in [6.45, 7) is 1.59. The van der Waals surface area contributed by atoms with Crippen LogP contribution in [0.1, 0.15) is 17.5 Å². The molecule has 1 atom stereocenters. The van der Waals surface area contributed by atoms with E-state index in [4.69, 9.17) is 14.9 Å². The van der Waals surface area contributed by atoms with Gasteiger partial charge in [0.1, 0.15) is 11.8 Å². The van der Waals surface area contributed by atoms with Gasteiger partial charge in [0.15, 0.2) is 0 Å². The summed E-state index contributed by atoms with van der Waals surface area (Å²) in [6.07, 6.45) is 0.00604. The number of rotatable bonds is 7. The van der Waals surface area contributed by atoms with Gasteiger partial charge in [-0.3, -0.25) is 4.79 Å². The van der Waals surface area contributed by atoms with Crippen LogP contribution in [0.4, 0.5) is 0 Å². The van der Waals surface area contributed by atoms with E-state index in [2.05, 4.69) is 5.32 Å². The lowest BCUT2D eigenvalue weighted by Gasteiger charge is -2.14. The van der Waals surface area contributed by atoms with Crippen molar-refractivity contribution in [1.82, 2.24) is 5.32 Å². The summed E-state index contributed by atoms with van der Waals surface area (Å²) < 4.78 is 5.16.